The third-order valence-corrected chi connectivity index (χ3v) is 4.81. The average Bonchev–Trinajstić information content (AvgIpc) is 3.12. The molecule has 122 valence electrons. The average molecular weight is 324 g/mol. The molecule has 2 saturated heterocycles. The molecule has 4 rings (SSSR count). The lowest BCUT2D eigenvalue weighted by molar-refractivity contribution is -0.119. The smallest absolute Gasteiger partial charge is 0.253 e. The van der Waals surface area contributed by atoms with Crippen molar-refractivity contribution in [2.24, 2.45) is 5.92 Å². The molecule has 1 N–H and O–H groups in total. The van der Waals surface area contributed by atoms with Crippen molar-refractivity contribution >= 4 is 11.8 Å². The highest BCUT2D eigenvalue weighted by Gasteiger charge is 2.41. The first-order chi connectivity index (χ1) is 11.6. The predicted molar refractivity (Wildman–Crippen MR) is 87.8 cm³/mol. The summed E-state index contributed by atoms with van der Waals surface area (Å²) in [5.41, 5.74) is 2.37. The molecular formula is C19H17FN2O2. The van der Waals surface area contributed by atoms with E-state index in [1.54, 1.807) is 23.1 Å². The van der Waals surface area contributed by atoms with Crippen molar-refractivity contribution in [3.63, 3.8) is 0 Å². The van der Waals surface area contributed by atoms with Gasteiger partial charge in [-0.3, -0.25) is 9.59 Å². The summed E-state index contributed by atoms with van der Waals surface area (Å²) >= 11 is 0. The number of benzene rings is 2. The Morgan fingerprint density at radius 1 is 1.08 bits per heavy atom. The maximum Gasteiger partial charge on any atom is 0.253 e. The summed E-state index contributed by atoms with van der Waals surface area (Å²) < 4.78 is 13.1. The van der Waals surface area contributed by atoms with E-state index in [0.717, 1.165) is 11.1 Å². The molecule has 0 bridgehead atoms. The van der Waals surface area contributed by atoms with E-state index in [1.807, 2.05) is 18.2 Å². The quantitative estimate of drug-likeness (QED) is 0.922. The lowest BCUT2D eigenvalue weighted by Gasteiger charge is -2.18. The highest BCUT2D eigenvalue weighted by atomic mass is 19.1. The second-order valence-corrected chi connectivity index (χ2v) is 6.44. The Balaban J connectivity index is 1.54. The van der Waals surface area contributed by atoms with Crippen molar-refractivity contribution in [3.05, 3.63) is 59.9 Å². The van der Waals surface area contributed by atoms with Gasteiger partial charge in [-0.05, 0) is 35.4 Å². The zero-order chi connectivity index (χ0) is 16.7. The first kappa shape index (κ1) is 14.9. The molecule has 2 heterocycles. The fourth-order valence-electron chi connectivity index (χ4n) is 3.57. The third kappa shape index (κ3) is 2.66. The Morgan fingerprint density at radius 3 is 2.62 bits per heavy atom. The topological polar surface area (TPSA) is 49.4 Å². The normalized spacial score (nSPS) is 22.4. The number of amides is 2. The Morgan fingerprint density at radius 2 is 1.88 bits per heavy atom. The van der Waals surface area contributed by atoms with E-state index >= 15 is 0 Å². The van der Waals surface area contributed by atoms with E-state index in [0.29, 0.717) is 25.1 Å². The largest absolute Gasteiger partial charge is 0.351 e. The lowest BCUT2D eigenvalue weighted by atomic mass is 10.0. The molecule has 2 atom stereocenters. The van der Waals surface area contributed by atoms with E-state index in [-0.39, 0.29) is 29.6 Å². The molecule has 2 aromatic carbocycles. The number of carbonyl (C=O) groups excluding carboxylic acids is 2. The van der Waals surface area contributed by atoms with Crippen LogP contribution in [0.5, 0.6) is 0 Å². The number of hydrogen-bond acceptors (Lipinski definition) is 2. The summed E-state index contributed by atoms with van der Waals surface area (Å²) in [6.07, 6.45) is 0.504. The predicted octanol–water partition coefficient (Wildman–Crippen LogP) is 2.45. The van der Waals surface area contributed by atoms with Gasteiger partial charge in [0.25, 0.3) is 5.91 Å². The lowest BCUT2D eigenvalue weighted by Crippen LogP contribution is -2.35. The zero-order valence-corrected chi connectivity index (χ0v) is 13.0. The monoisotopic (exact) mass is 324 g/mol. The Bertz CT molecular complexity index is 787. The van der Waals surface area contributed by atoms with Crippen LogP contribution in [-0.4, -0.2) is 35.8 Å². The van der Waals surface area contributed by atoms with Gasteiger partial charge in [0, 0.05) is 31.0 Å². The van der Waals surface area contributed by atoms with E-state index in [9.17, 15) is 14.0 Å². The first-order valence-corrected chi connectivity index (χ1v) is 8.05. The molecule has 0 aliphatic carbocycles. The molecule has 5 heteroatoms. The van der Waals surface area contributed by atoms with Crippen molar-refractivity contribution in [1.29, 1.82) is 0 Å². The van der Waals surface area contributed by atoms with Crippen LogP contribution < -0.4 is 5.32 Å². The summed E-state index contributed by atoms with van der Waals surface area (Å²) in [5.74, 6) is -0.00335. The van der Waals surface area contributed by atoms with Crippen LogP contribution in [0, 0.1) is 11.7 Å². The molecule has 2 fully saturated rings. The van der Waals surface area contributed by atoms with Crippen LogP contribution in [0.1, 0.15) is 16.8 Å². The van der Waals surface area contributed by atoms with Gasteiger partial charge in [0.05, 0.1) is 6.04 Å². The highest BCUT2D eigenvalue weighted by Crippen LogP contribution is 2.27. The number of halogens is 1. The SMILES string of the molecule is O=C1C[C@H]2CN(C(=O)c3cccc(-c4ccc(F)cc4)c3)C[C@H]2N1. The van der Waals surface area contributed by atoms with E-state index in [4.69, 9.17) is 0 Å². The molecular weight excluding hydrogens is 307 g/mol. The molecule has 2 aliphatic heterocycles. The number of carbonyl (C=O) groups is 2. The van der Waals surface area contributed by atoms with Crippen LogP contribution in [0.25, 0.3) is 11.1 Å². The number of fused-ring (bicyclic) bond motifs is 1. The maximum absolute atomic E-state index is 13.1. The van der Waals surface area contributed by atoms with Crippen molar-refractivity contribution in [2.45, 2.75) is 12.5 Å². The van der Waals surface area contributed by atoms with E-state index in [2.05, 4.69) is 5.32 Å². The summed E-state index contributed by atoms with van der Waals surface area (Å²) in [7, 11) is 0. The molecule has 2 amide bonds. The molecule has 4 nitrogen and oxygen atoms in total. The van der Waals surface area contributed by atoms with Gasteiger partial charge in [0.2, 0.25) is 5.91 Å². The fourth-order valence-corrected chi connectivity index (χ4v) is 3.57. The van der Waals surface area contributed by atoms with Gasteiger partial charge in [-0.1, -0.05) is 24.3 Å². The Hall–Kier alpha value is -2.69. The van der Waals surface area contributed by atoms with Gasteiger partial charge in [0.1, 0.15) is 5.82 Å². The minimum absolute atomic E-state index is 0.0254. The maximum atomic E-state index is 13.1. The molecule has 0 unspecified atom stereocenters. The third-order valence-electron chi connectivity index (χ3n) is 4.81. The van der Waals surface area contributed by atoms with Gasteiger partial charge in [0.15, 0.2) is 0 Å². The summed E-state index contributed by atoms with van der Waals surface area (Å²) in [6, 6.07) is 13.7. The van der Waals surface area contributed by atoms with Crippen LogP contribution >= 0.6 is 0 Å². The van der Waals surface area contributed by atoms with Crippen molar-refractivity contribution in [2.75, 3.05) is 13.1 Å². The second-order valence-electron chi connectivity index (χ2n) is 6.44. The summed E-state index contributed by atoms with van der Waals surface area (Å²) in [5, 5.41) is 2.93. The number of hydrogen-bond donors (Lipinski definition) is 1. The van der Waals surface area contributed by atoms with Crippen LogP contribution in [-0.2, 0) is 4.79 Å². The van der Waals surface area contributed by atoms with Crippen LogP contribution in [0.3, 0.4) is 0 Å². The standard InChI is InChI=1S/C19H17FN2O2/c20-16-6-4-12(5-7-16)13-2-1-3-14(8-13)19(24)22-10-15-9-18(23)21-17(15)11-22/h1-8,15,17H,9-11H2,(H,21,23)/t15-,17+/m0/s1. The van der Waals surface area contributed by atoms with Crippen LogP contribution in [0.2, 0.25) is 0 Å². The van der Waals surface area contributed by atoms with Gasteiger partial charge >= 0.3 is 0 Å². The number of rotatable bonds is 2. The fraction of sp³-hybridized carbons (Fsp3) is 0.263. The van der Waals surface area contributed by atoms with Gasteiger partial charge in [-0.15, -0.1) is 0 Å². The van der Waals surface area contributed by atoms with Gasteiger partial charge in [-0.2, -0.15) is 0 Å². The van der Waals surface area contributed by atoms with Crippen molar-refractivity contribution < 1.29 is 14.0 Å². The number of likely N-dealkylation sites (tertiary alicyclic amines) is 1. The number of nitrogens with one attached hydrogen (secondary N) is 1. The number of nitrogens with zero attached hydrogens (tertiary/aromatic N) is 1. The highest BCUT2D eigenvalue weighted by molar-refractivity contribution is 5.96. The summed E-state index contributed by atoms with van der Waals surface area (Å²) in [6.45, 7) is 1.18. The zero-order valence-electron chi connectivity index (χ0n) is 13.0. The van der Waals surface area contributed by atoms with Crippen molar-refractivity contribution in [3.8, 4) is 11.1 Å². The molecule has 0 spiro atoms. The first-order valence-electron chi connectivity index (χ1n) is 8.05. The van der Waals surface area contributed by atoms with Gasteiger partial charge < -0.3 is 10.2 Å². The van der Waals surface area contributed by atoms with Crippen LogP contribution in [0.4, 0.5) is 4.39 Å². The Labute approximate surface area is 139 Å². The molecule has 24 heavy (non-hydrogen) atoms. The Kier molecular flexibility index (Phi) is 3.56. The summed E-state index contributed by atoms with van der Waals surface area (Å²) in [4.78, 5) is 25.9. The van der Waals surface area contributed by atoms with Crippen LogP contribution in [0.15, 0.2) is 48.5 Å². The molecule has 0 radical (unpaired) electrons. The molecule has 2 aromatic rings. The minimum Gasteiger partial charge on any atom is -0.351 e. The molecule has 0 aromatic heterocycles. The second kappa shape index (κ2) is 5.74. The van der Waals surface area contributed by atoms with E-state index < -0.39 is 0 Å². The van der Waals surface area contributed by atoms with Gasteiger partial charge in [-0.25, -0.2) is 4.39 Å². The van der Waals surface area contributed by atoms with Crippen molar-refractivity contribution in [1.82, 2.24) is 10.2 Å². The molecule has 2 aliphatic rings. The van der Waals surface area contributed by atoms with E-state index in [1.165, 1.54) is 12.1 Å². The minimum atomic E-state index is -0.281. The molecule has 0 saturated carbocycles.